The van der Waals surface area contributed by atoms with Crippen LogP contribution in [0.5, 0.6) is 0 Å². The zero-order chi connectivity index (χ0) is 19.1. The van der Waals surface area contributed by atoms with Gasteiger partial charge in [-0.15, -0.1) is 0 Å². The van der Waals surface area contributed by atoms with Crippen LogP contribution in [-0.2, 0) is 9.59 Å². The number of hydrogen-bond acceptors (Lipinski definition) is 3. The summed E-state index contributed by atoms with van der Waals surface area (Å²) in [7, 11) is 0. The fraction of sp³-hybridized carbons (Fsp3) is 0.364. The Morgan fingerprint density at radius 2 is 1.41 bits per heavy atom. The topological polar surface area (TPSA) is 52.7 Å². The van der Waals surface area contributed by atoms with Crippen molar-refractivity contribution < 1.29 is 9.59 Å². The molecule has 0 spiro atoms. The number of benzene rings is 2. The molecule has 142 valence electrons. The van der Waals surface area contributed by atoms with Gasteiger partial charge in [-0.05, 0) is 17.5 Å². The molecule has 0 radical (unpaired) electrons. The molecule has 1 saturated heterocycles. The Hall–Kier alpha value is -2.66. The quantitative estimate of drug-likeness (QED) is 0.828. The maximum Gasteiger partial charge on any atom is 0.311 e. The van der Waals surface area contributed by atoms with Crippen molar-refractivity contribution in [3.05, 3.63) is 71.8 Å². The van der Waals surface area contributed by atoms with Crippen molar-refractivity contribution in [3.8, 4) is 0 Å². The highest BCUT2D eigenvalue weighted by Crippen LogP contribution is 2.29. The molecular formula is C22H27N3O2. The van der Waals surface area contributed by atoms with Gasteiger partial charge in [0, 0.05) is 32.7 Å². The number of rotatable bonds is 5. The highest BCUT2D eigenvalue weighted by molar-refractivity contribution is 6.35. The molecule has 0 unspecified atom stereocenters. The largest absolute Gasteiger partial charge is 0.348 e. The van der Waals surface area contributed by atoms with Crippen LogP contribution >= 0.6 is 0 Å². The van der Waals surface area contributed by atoms with Crippen molar-refractivity contribution in [2.75, 3.05) is 32.7 Å². The molecule has 1 heterocycles. The molecule has 0 atom stereocenters. The van der Waals surface area contributed by atoms with Gasteiger partial charge in [0.05, 0.1) is 6.04 Å². The Labute approximate surface area is 161 Å². The lowest BCUT2D eigenvalue weighted by molar-refractivity contribution is -0.147. The number of nitrogens with one attached hydrogen (secondary N) is 1. The molecule has 0 bridgehead atoms. The lowest BCUT2D eigenvalue weighted by Crippen LogP contribution is -2.53. The zero-order valence-corrected chi connectivity index (χ0v) is 15.8. The third-order valence-electron chi connectivity index (χ3n) is 4.93. The van der Waals surface area contributed by atoms with Gasteiger partial charge in [0.1, 0.15) is 0 Å². The molecule has 2 aromatic rings. The molecule has 27 heavy (non-hydrogen) atoms. The van der Waals surface area contributed by atoms with Crippen LogP contribution in [0.4, 0.5) is 0 Å². The molecule has 1 aliphatic heterocycles. The average molecular weight is 365 g/mol. The van der Waals surface area contributed by atoms with E-state index in [4.69, 9.17) is 0 Å². The molecule has 5 heteroatoms. The highest BCUT2D eigenvalue weighted by atomic mass is 16.2. The third kappa shape index (κ3) is 4.74. The van der Waals surface area contributed by atoms with Gasteiger partial charge in [-0.3, -0.25) is 14.5 Å². The van der Waals surface area contributed by atoms with Crippen LogP contribution in [0.1, 0.15) is 30.5 Å². The van der Waals surface area contributed by atoms with Crippen LogP contribution in [0, 0.1) is 0 Å². The van der Waals surface area contributed by atoms with Gasteiger partial charge in [-0.1, -0.05) is 67.6 Å². The monoisotopic (exact) mass is 365 g/mol. The number of carbonyl (C=O) groups excluding carboxylic acids is 2. The smallest absolute Gasteiger partial charge is 0.311 e. The fourth-order valence-electron chi connectivity index (χ4n) is 3.53. The summed E-state index contributed by atoms with van der Waals surface area (Å²) < 4.78 is 0. The fourth-order valence-corrected chi connectivity index (χ4v) is 3.53. The minimum atomic E-state index is -0.493. The Balaban J connectivity index is 1.70. The maximum atomic E-state index is 12.3. The molecule has 3 rings (SSSR count). The lowest BCUT2D eigenvalue weighted by Gasteiger charge is -2.39. The van der Waals surface area contributed by atoms with E-state index < -0.39 is 11.8 Å². The van der Waals surface area contributed by atoms with Crippen molar-refractivity contribution in [1.29, 1.82) is 0 Å². The number of amides is 2. The van der Waals surface area contributed by atoms with Gasteiger partial charge in [0.15, 0.2) is 0 Å². The molecule has 1 N–H and O–H groups in total. The van der Waals surface area contributed by atoms with E-state index in [1.54, 1.807) is 4.90 Å². The minimum absolute atomic E-state index is 0.151. The van der Waals surface area contributed by atoms with Gasteiger partial charge in [-0.25, -0.2) is 0 Å². The van der Waals surface area contributed by atoms with Gasteiger partial charge in [0.25, 0.3) is 0 Å². The highest BCUT2D eigenvalue weighted by Gasteiger charge is 2.30. The third-order valence-corrected chi connectivity index (χ3v) is 4.93. The van der Waals surface area contributed by atoms with E-state index in [1.165, 1.54) is 11.1 Å². The number of piperazine rings is 1. The number of carbonyl (C=O) groups is 2. The SMILES string of the molecule is CCCNC(=O)C(=O)N1CCN(C(c2ccccc2)c2ccccc2)CC1. The molecule has 2 aromatic carbocycles. The van der Waals surface area contributed by atoms with Crippen molar-refractivity contribution in [3.63, 3.8) is 0 Å². The average Bonchev–Trinajstić information content (AvgIpc) is 2.74. The summed E-state index contributed by atoms with van der Waals surface area (Å²) >= 11 is 0. The predicted octanol–water partition coefficient (Wildman–Crippen LogP) is 2.45. The molecule has 1 aliphatic rings. The standard InChI is InChI=1S/C22H27N3O2/c1-2-13-23-21(26)22(27)25-16-14-24(15-17-25)20(18-9-5-3-6-10-18)19-11-7-4-8-12-19/h3-12,20H,2,13-17H2,1H3,(H,23,26). The second kappa shape index (κ2) is 9.33. The van der Waals surface area contributed by atoms with Crippen molar-refractivity contribution in [2.45, 2.75) is 19.4 Å². The van der Waals surface area contributed by atoms with E-state index in [0.717, 1.165) is 19.5 Å². The van der Waals surface area contributed by atoms with E-state index in [0.29, 0.717) is 19.6 Å². The first-order valence-electron chi connectivity index (χ1n) is 9.61. The summed E-state index contributed by atoms with van der Waals surface area (Å²) in [6, 6.07) is 21.0. The van der Waals surface area contributed by atoms with Gasteiger partial charge >= 0.3 is 11.8 Å². The molecular weight excluding hydrogens is 338 g/mol. The first-order valence-corrected chi connectivity index (χ1v) is 9.61. The molecule has 0 saturated carbocycles. The second-order valence-corrected chi connectivity index (χ2v) is 6.81. The van der Waals surface area contributed by atoms with Crippen LogP contribution in [0.2, 0.25) is 0 Å². The van der Waals surface area contributed by atoms with Crippen molar-refractivity contribution in [1.82, 2.24) is 15.1 Å². The van der Waals surface area contributed by atoms with Crippen molar-refractivity contribution >= 4 is 11.8 Å². The molecule has 0 aromatic heterocycles. The van der Waals surface area contributed by atoms with E-state index in [9.17, 15) is 9.59 Å². The maximum absolute atomic E-state index is 12.3. The molecule has 1 fully saturated rings. The van der Waals surface area contributed by atoms with Crippen LogP contribution < -0.4 is 5.32 Å². The van der Waals surface area contributed by atoms with Crippen LogP contribution in [-0.4, -0.2) is 54.3 Å². The van der Waals surface area contributed by atoms with Gasteiger partial charge in [-0.2, -0.15) is 0 Å². The van der Waals surface area contributed by atoms with Crippen LogP contribution in [0.3, 0.4) is 0 Å². The summed E-state index contributed by atoms with van der Waals surface area (Å²) in [5.74, 6) is -0.910. The van der Waals surface area contributed by atoms with Gasteiger partial charge in [0.2, 0.25) is 0 Å². The normalized spacial score (nSPS) is 15.0. The number of hydrogen-bond donors (Lipinski definition) is 1. The van der Waals surface area contributed by atoms with E-state index in [-0.39, 0.29) is 6.04 Å². The van der Waals surface area contributed by atoms with E-state index in [1.807, 2.05) is 19.1 Å². The number of nitrogens with zero attached hydrogens (tertiary/aromatic N) is 2. The Morgan fingerprint density at radius 1 is 0.889 bits per heavy atom. The summed E-state index contributed by atoms with van der Waals surface area (Å²) in [5.41, 5.74) is 2.48. The Morgan fingerprint density at radius 3 is 1.89 bits per heavy atom. The van der Waals surface area contributed by atoms with E-state index in [2.05, 4.69) is 58.7 Å². The Kier molecular flexibility index (Phi) is 6.60. The van der Waals surface area contributed by atoms with E-state index >= 15 is 0 Å². The zero-order valence-electron chi connectivity index (χ0n) is 15.8. The first-order chi connectivity index (χ1) is 13.2. The Bertz CT molecular complexity index is 701. The summed E-state index contributed by atoms with van der Waals surface area (Å²) in [5, 5.41) is 2.67. The first kappa shape index (κ1) is 19.1. The molecule has 0 aliphatic carbocycles. The summed E-state index contributed by atoms with van der Waals surface area (Å²) in [6.45, 7) is 5.11. The van der Waals surface area contributed by atoms with Gasteiger partial charge < -0.3 is 10.2 Å². The minimum Gasteiger partial charge on any atom is -0.348 e. The second-order valence-electron chi connectivity index (χ2n) is 6.81. The van der Waals surface area contributed by atoms with Crippen LogP contribution in [0.25, 0.3) is 0 Å². The summed E-state index contributed by atoms with van der Waals surface area (Å²) in [4.78, 5) is 28.3. The molecule has 5 nitrogen and oxygen atoms in total. The van der Waals surface area contributed by atoms with Crippen LogP contribution in [0.15, 0.2) is 60.7 Å². The predicted molar refractivity (Wildman–Crippen MR) is 106 cm³/mol. The molecule has 2 amide bonds. The van der Waals surface area contributed by atoms with Crippen molar-refractivity contribution in [2.24, 2.45) is 0 Å². The summed E-state index contributed by atoms with van der Waals surface area (Å²) in [6.07, 6.45) is 0.822. The lowest BCUT2D eigenvalue weighted by atomic mass is 9.96.